The molecule has 0 aromatic carbocycles. The first-order valence-corrected chi connectivity index (χ1v) is 8.29. The van der Waals surface area contributed by atoms with Crippen LogP contribution in [-0.2, 0) is 5.75 Å². The van der Waals surface area contributed by atoms with Gasteiger partial charge in [-0.15, -0.1) is 11.3 Å². The van der Waals surface area contributed by atoms with Crippen LogP contribution in [0, 0.1) is 0 Å². The molecular weight excluding hydrogens is 292 g/mol. The maximum atomic E-state index is 5.29. The first-order chi connectivity index (χ1) is 9.90. The second-order valence-electron chi connectivity index (χ2n) is 4.63. The van der Waals surface area contributed by atoms with Crippen molar-refractivity contribution in [3.63, 3.8) is 0 Å². The third-order valence-electron chi connectivity index (χ3n) is 3.11. The fourth-order valence-electron chi connectivity index (χ4n) is 1.99. The summed E-state index contributed by atoms with van der Waals surface area (Å²) in [6, 6.07) is 4.62. The summed E-state index contributed by atoms with van der Waals surface area (Å²) >= 11 is 3.26. The van der Waals surface area contributed by atoms with E-state index in [1.54, 1.807) is 23.1 Å². The molecule has 1 aliphatic rings. The Morgan fingerprint density at radius 1 is 1.45 bits per heavy atom. The van der Waals surface area contributed by atoms with Gasteiger partial charge in [0.1, 0.15) is 0 Å². The molecule has 102 valence electrons. The van der Waals surface area contributed by atoms with E-state index in [0.29, 0.717) is 23.5 Å². The van der Waals surface area contributed by atoms with Crippen LogP contribution in [0.5, 0.6) is 0 Å². The molecule has 4 rings (SSSR count). The molecule has 1 fully saturated rings. The van der Waals surface area contributed by atoms with Crippen molar-refractivity contribution < 1.29 is 4.52 Å². The fourth-order valence-corrected chi connectivity index (χ4v) is 3.50. The Morgan fingerprint density at radius 3 is 3.20 bits per heavy atom. The molecule has 0 saturated heterocycles. The second kappa shape index (κ2) is 5.06. The van der Waals surface area contributed by atoms with Crippen LogP contribution in [0.25, 0.3) is 10.7 Å². The zero-order valence-corrected chi connectivity index (χ0v) is 12.2. The van der Waals surface area contributed by atoms with Gasteiger partial charge in [0, 0.05) is 18.4 Å². The SMILES string of the molecule is c1csc(-c2noc(CSc3nccn3C3CC3)n2)c1. The number of thioether (sulfide) groups is 1. The predicted molar refractivity (Wildman–Crippen MR) is 77.7 cm³/mol. The Balaban J connectivity index is 1.45. The smallest absolute Gasteiger partial charge is 0.237 e. The van der Waals surface area contributed by atoms with Crippen molar-refractivity contribution in [3.05, 3.63) is 35.8 Å². The van der Waals surface area contributed by atoms with Crippen molar-refractivity contribution in [2.24, 2.45) is 0 Å². The van der Waals surface area contributed by atoms with E-state index in [1.807, 2.05) is 29.9 Å². The molecule has 20 heavy (non-hydrogen) atoms. The molecule has 5 nitrogen and oxygen atoms in total. The zero-order valence-electron chi connectivity index (χ0n) is 10.6. The number of imidazole rings is 1. The molecule has 0 aliphatic heterocycles. The van der Waals surface area contributed by atoms with Gasteiger partial charge in [0.2, 0.25) is 11.7 Å². The molecule has 3 heterocycles. The van der Waals surface area contributed by atoms with Gasteiger partial charge in [-0.25, -0.2) is 4.98 Å². The largest absolute Gasteiger partial charge is 0.338 e. The van der Waals surface area contributed by atoms with Gasteiger partial charge < -0.3 is 9.09 Å². The molecule has 0 spiro atoms. The lowest BCUT2D eigenvalue weighted by molar-refractivity contribution is 0.391. The zero-order chi connectivity index (χ0) is 13.4. The monoisotopic (exact) mass is 304 g/mol. The topological polar surface area (TPSA) is 56.7 Å². The highest BCUT2D eigenvalue weighted by Crippen LogP contribution is 2.38. The van der Waals surface area contributed by atoms with Gasteiger partial charge in [-0.3, -0.25) is 0 Å². The van der Waals surface area contributed by atoms with Crippen LogP contribution in [0.4, 0.5) is 0 Å². The number of hydrogen-bond donors (Lipinski definition) is 0. The molecule has 3 aromatic rings. The van der Waals surface area contributed by atoms with Crippen molar-refractivity contribution in [1.29, 1.82) is 0 Å². The number of aromatic nitrogens is 4. The average molecular weight is 304 g/mol. The lowest BCUT2D eigenvalue weighted by Crippen LogP contribution is -1.94. The number of nitrogens with zero attached hydrogens (tertiary/aromatic N) is 4. The van der Waals surface area contributed by atoms with E-state index in [0.717, 1.165) is 10.0 Å². The fraction of sp³-hybridized carbons (Fsp3) is 0.308. The Labute approximate surface area is 124 Å². The summed E-state index contributed by atoms with van der Waals surface area (Å²) in [6.45, 7) is 0. The lowest BCUT2D eigenvalue weighted by atomic mass is 10.4. The lowest BCUT2D eigenvalue weighted by Gasteiger charge is -2.03. The highest BCUT2D eigenvalue weighted by molar-refractivity contribution is 7.98. The normalized spacial score (nSPS) is 14.8. The number of hydrogen-bond acceptors (Lipinski definition) is 6. The summed E-state index contributed by atoms with van der Waals surface area (Å²) in [5, 5.41) is 7.05. The molecule has 3 aromatic heterocycles. The molecule has 0 amide bonds. The van der Waals surface area contributed by atoms with Gasteiger partial charge in [-0.05, 0) is 24.3 Å². The Morgan fingerprint density at radius 2 is 2.40 bits per heavy atom. The van der Waals surface area contributed by atoms with E-state index in [2.05, 4.69) is 19.7 Å². The van der Waals surface area contributed by atoms with Gasteiger partial charge in [0.05, 0.1) is 10.6 Å². The first kappa shape index (κ1) is 12.2. The molecule has 0 unspecified atom stereocenters. The van der Waals surface area contributed by atoms with Gasteiger partial charge in [0.25, 0.3) is 0 Å². The minimum Gasteiger partial charge on any atom is -0.338 e. The van der Waals surface area contributed by atoms with Crippen LogP contribution >= 0.6 is 23.1 Å². The van der Waals surface area contributed by atoms with Gasteiger partial charge >= 0.3 is 0 Å². The highest BCUT2D eigenvalue weighted by Gasteiger charge is 2.25. The van der Waals surface area contributed by atoms with Crippen LogP contribution in [0.15, 0.2) is 39.6 Å². The van der Waals surface area contributed by atoms with E-state index in [-0.39, 0.29) is 0 Å². The molecule has 1 aliphatic carbocycles. The quantitative estimate of drug-likeness (QED) is 0.674. The summed E-state index contributed by atoms with van der Waals surface area (Å²) in [6.07, 6.45) is 6.41. The summed E-state index contributed by atoms with van der Waals surface area (Å²) < 4.78 is 7.53. The van der Waals surface area contributed by atoms with Gasteiger partial charge in [-0.1, -0.05) is 23.0 Å². The van der Waals surface area contributed by atoms with Crippen molar-refractivity contribution in [2.75, 3.05) is 0 Å². The first-order valence-electron chi connectivity index (χ1n) is 6.42. The van der Waals surface area contributed by atoms with E-state index >= 15 is 0 Å². The van der Waals surface area contributed by atoms with Crippen molar-refractivity contribution in [1.82, 2.24) is 19.7 Å². The minimum absolute atomic E-state index is 0.642. The van der Waals surface area contributed by atoms with Crippen LogP contribution < -0.4 is 0 Å². The maximum absolute atomic E-state index is 5.29. The summed E-state index contributed by atoms with van der Waals surface area (Å²) in [4.78, 5) is 9.84. The Bertz CT molecular complexity index is 700. The van der Waals surface area contributed by atoms with Crippen molar-refractivity contribution in [2.45, 2.75) is 29.8 Å². The molecule has 0 N–H and O–H groups in total. The van der Waals surface area contributed by atoms with Crippen molar-refractivity contribution in [3.8, 4) is 10.7 Å². The molecule has 0 atom stereocenters. The van der Waals surface area contributed by atoms with Crippen LogP contribution in [0.2, 0.25) is 0 Å². The standard InChI is InChI=1S/C13H12N4OS2/c1-2-10(19-7-1)12-15-11(18-16-12)8-20-13-14-5-6-17(13)9-3-4-9/h1-2,5-7,9H,3-4,8H2. The number of rotatable bonds is 5. The van der Waals surface area contributed by atoms with Crippen LogP contribution in [0.1, 0.15) is 24.8 Å². The highest BCUT2D eigenvalue weighted by atomic mass is 32.2. The van der Waals surface area contributed by atoms with Gasteiger partial charge in [0.15, 0.2) is 5.16 Å². The Hall–Kier alpha value is -1.60. The average Bonchev–Trinajstić information content (AvgIpc) is 2.93. The molecule has 0 radical (unpaired) electrons. The second-order valence-corrected chi connectivity index (χ2v) is 6.52. The predicted octanol–water partition coefficient (Wildman–Crippen LogP) is 3.62. The summed E-state index contributed by atoms with van der Waals surface area (Å²) in [5.41, 5.74) is 0. The van der Waals surface area contributed by atoms with Crippen LogP contribution in [-0.4, -0.2) is 19.7 Å². The molecule has 1 saturated carbocycles. The third-order valence-corrected chi connectivity index (χ3v) is 4.94. The van der Waals surface area contributed by atoms with E-state index < -0.39 is 0 Å². The van der Waals surface area contributed by atoms with E-state index in [9.17, 15) is 0 Å². The van der Waals surface area contributed by atoms with Gasteiger partial charge in [-0.2, -0.15) is 4.98 Å². The summed E-state index contributed by atoms with van der Waals surface area (Å²) in [7, 11) is 0. The third kappa shape index (κ3) is 2.38. The molecule has 7 heteroatoms. The molecule has 0 bridgehead atoms. The molecular formula is C13H12N4OS2. The van der Waals surface area contributed by atoms with Crippen molar-refractivity contribution >= 4 is 23.1 Å². The van der Waals surface area contributed by atoms with Crippen LogP contribution in [0.3, 0.4) is 0 Å². The minimum atomic E-state index is 0.642. The Kier molecular flexibility index (Phi) is 3.08. The summed E-state index contributed by atoms with van der Waals surface area (Å²) in [5.74, 6) is 1.96. The van der Waals surface area contributed by atoms with E-state index in [4.69, 9.17) is 4.52 Å². The number of thiophene rings is 1. The van der Waals surface area contributed by atoms with E-state index in [1.165, 1.54) is 12.8 Å². The maximum Gasteiger partial charge on any atom is 0.237 e.